The number of hydrogen-bond acceptors (Lipinski definition) is 4. The summed E-state index contributed by atoms with van der Waals surface area (Å²) in [4.78, 5) is 16.8. The molecule has 5 nitrogen and oxygen atoms in total. The van der Waals surface area contributed by atoms with Crippen molar-refractivity contribution in [3.8, 4) is 5.75 Å². The molecule has 0 aliphatic heterocycles. The largest absolute Gasteiger partial charge is 0.461 e. The third-order valence-corrected chi connectivity index (χ3v) is 3.84. The number of fused-ring (bicyclic) bond motifs is 1. The van der Waals surface area contributed by atoms with Crippen LogP contribution >= 0.6 is 0 Å². The lowest BCUT2D eigenvalue weighted by Crippen LogP contribution is -2.29. The molecule has 0 amide bonds. The van der Waals surface area contributed by atoms with E-state index in [2.05, 4.69) is 10.1 Å². The quantitative estimate of drug-likeness (QED) is 0.726. The van der Waals surface area contributed by atoms with Crippen molar-refractivity contribution in [2.45, 2.75) is 6.23 Å². The molecule has 1 aliphatic carbocycles. The Morgan fingerprint density at radius 3 is 2.62 bits per heavy atom. The SMILES string of the molecule is O=C([C]1[CH][CH][CH][CH]1)C(Oc1cccc2ccccc12)n1cncn1. The lowest BCUT2D eigenvalue weighted by atomic mass is 10.0. The van der Waals surface area contributed by atoms with Gasteiger partial charge in [0.05, 0.1) is 5.92 Å². The van der Waals surface area contributed by atoms with Crippen molar-refractivity contribution in [2.24, 2.45) is 0 Å². The highest BCUT2D eigenvalue weighted by Crippen LogP contribution is 2.32. The fourth-order valence-corrected chi connectivity index (χ4v) is 2.67. The topological polar surface area (TPSA) is 57.0 Å². The predicted molar refractivity (Wildman–Crippen MR) is 89.1 cm³/mol. The van der Waals surface area contributed by atoms with Crippen LogP contribution in [0.5, 0.6) is 5.75 Å². The molecule has 5 radical (unpaired) electrons. The Morgan fingerprint density at radius 1 is 1.04 bits per heavy atom. The Morgan fingerprint density at radius 2 is 1.83 bits per heavy atom. The monoisotopic (exact) mass is 316 g/mol. The number of aromatic nitrogens is 3. The molecule has 1 aliphatic rings. The molecule has 1 unspecified atom stereocenters. The number of Topliss-reactive ketones (excluding diaryl/α,β-unsaturated/α-hetero) is 1. The normalized spacial score (nSPS) is 16.3. The minimum Gasteiger partial charge on any atom is -0.461 e. The summed E-state index contributed by atoms with van der Waals surface area (Å²) in [6.07, 6.45) is 9.14. The maximum atomic E-state index is 12.8. The summed E-state index contributed by atoms with van der Waals surface area (Å²) in [7, 11) is 0. The first-order chi connectivity index (χ1) is 11.8. The number of benzene rings is 2. The van der Waals surface area contributed by atoms with Gasteiger partial charge in [0, 0.05) is 5.39 Å². The molecule has 0 N–H and O–H groups in total. The molecule has 1 atom stereocenters. The molecule has 5 heteroatoms. The van der Waals surface area contributed by atoms with Gasteiger partial charge in [-0.25, -0.2) is 9.67 Å². The van der Waals surface area contributed by atoms with Crippen LogP contribution in [0.4, 0.5) is 0 Å². The van der Waals surface area contributed by atoms with Crippen LogP contribution in [0, 0.1) is 31.6 Å². The maximum Gasteiger partial charge on any atom is 0.252 e. The summed E-state index contributed by atoms with van der Waals surface area (Å²) < 4.78 is 7.50. The molecule has 1 saturated carbocycles. The van der Waals surface area contributed by atoms with Gasteiger partial charge in [0.2, 0.25) is 5.78 Å². The van der Waals surface area contributed by atoms with Crippen molar-refractivity contribution in [3.05, 3.63) is 86.7 Å². The molecule has 117 valence electrons. The number of ketones is 1. The van der Waals surface area contributed by atoms with E-state index in [9.17, 15) is 4.79 Å². The molecule has 1 aromatic heterocycles. The average Bonchev–Trinajstić information content (AvgIpc) is 3.32. The Balaban J connectivity index is 1.70. The van der Waals surface area contributed by atoms with Gasteiger partial charge in [-0.1, -0.05) is 36.4 Å². The van der Waals surface area contributed by atoms with Gasteiger partial charge in [-0.15, -0.1) is 0 Å². The van der Waals surface area contributed by atoms with Crippen LogP contribution in [-0.4, -0.2) is 20.5 Å². The lowest BCUT2D eigenvalue weighted by molar-refractivity contribution is -0.127. The highest BCUT2D eigenvalue weighted by atomic mass is 16.5. The fraction of sp³-hybridized carbons (Fsp3) is 0.0526. The average molecular weight is 316 g/mol. The van der Waals surface area contributed by atoms with Crippen LogP contribution in [0.15, 0.2) is 55.1 Å². The van der Waals surface area contributed by atoms with Gasteiger partial charge in [0.1, 0.15) is 18.4 Å². The summed E-state index contributed by atoms with van der Waals surface area (Å²) >= 11 is 0. The summed E-state index contributed by atoms with van der Waals surface area (Å²) in [6, 6.07) is 13.6. The van der Waals surface area contributed by atoms with Crippen LogP contribution in [0.1, 0.15) is 6.23 Å². The van der Waals surface area contributed by atoms with Crippen LogP contribution in [-0.2, 0) is 4.79 Å². The van der Waals surface area contributed by atoms with Gasteiger partial charge in [0.25, 0.3) is 6.23 Å². The van der Waals surface area contributed by atoms with Crippen molar-refractivity contribution >= 4 is 16.6 Å². The molecular formula is C19H14N3O2. The number of carbonyl (C=O) groups excluding carboxylic acids is 1. The van der Waals surface area contributed by atoms with E-state index < -0.39 is 6.23 Å². The molecule has 0 saturated heterocycles. The van der Waals surface area contributed by atoms with E-state index in [4.69, 9.17) is 4.74 Å². The molecular weight excluding hydrogens is 302 g/mol. The second kappa shape index (κ2) is 6.43. The first-order valence-electron chi connectivity index (χ1n) is 7.57. The minimum absolute atomic E-state index is 0.168. The Labute approximate surface area is 140 Å². The first kappa shape index (κ1) is 14.9. The van der Waals surface area contributed by atoms with Crippen molar-refractivity contribution in [1.82, 2.24) is 14.8 Å². The van der Waals surface area contributed by atoms with E-state index in [1.807, 2.05) is 55.3 Å². The van der Waals surface area contributed by atoms with E-state index in [0.29, 0.717) is 11.7 Å². The number of ether oxygens (including phenoxy) is 1. The van der Waals surface area contributed by atoms with E-state index in [0.717, 1.165) is 10.8 Å². The van der Waals surface area contributed by atoms with Crippen molar-refractivity contribution in [1.29, 1.82) is 0 Å². The smallest absolute Gasteiger partial charge is 0.252 e. The molecule has 1 heterocycles. The molecule has 1 fully saturated rings. The van der Waals surface area contributed by atoms with Crippen LogP contribution in [0.25, 0.3) is 10.8 Å². The second-order valence-corrected chi connectivity index (χ2v) is 5.36. The van der Waals surface area contributed by atoms with Crippen molar-refractivity contribution < 1.29 is 9.53 Å². The van der Waals surface area contributed by atoms with Crippen molar-refractivity contribution in [2.75, 3.05) is 0 Å². The molecule has 24 heavy (non-hydrogen) atoms. The van der Waals surface area contributed by atoms with E-state index in [1.165, 1.54) is 17.3 Å². The number of carbonyl (C=O) groups is 1. The number of rotatable bonds is 5. The zero-order chi connectivity index (χ0) is 16.4. The zero-order valence-corrected chi connectivity index (χ0v) is 12.7. The third-order valence-electron chi connectivity index (χ3n) is 3.84. The second-order valence-electron chi connectivity index (χ2n) is 5.36. The van der Waals surface area contributed by atoms with Gasteiger partial charge in [-0.2, -0.15) is 5.10 Å². The third kappa shape index (κ3) is 2.77. The molecule has 4 rings (SSSR count). The van der Waals surface area contributed by atoms with Crippen molar-refractivity contribution in [3.63, 3.8) is 0 Å². The predicted octanol–water partition coefficient (Wildman–Crippen LogP) is 2.98. The number of hydrogen-bond donors (Lipinski definition) is 0. The standard InChI is InChI=1S/C19H14N3O2/c23-18(15-7-1-2-8-15)19(22-13-20-12-21-22)24-17-11-5-9-14-6-3-4-10-16(14)17/h1-13,19H. The zero-order valence-electron chi connectivity index (χ0n) is 12.7. The van der Waals surface area contributed by atoms with Crippen LogP contribution in [0.3, 0.4) is 0 Å². The van der Waals surface area contributed by atoms with E-state index in [1.54, 1.807) is 12.8 Å². The molecule has 0 spiro atoms. The Bertz CT molecular complexity index is 833. The van der Waals surface area contributed by atoms with Gasteiger partial charge in [0.15, 0.2) is 0 Å². The maximum absolute atomic E-state index is 12.8. The molecule has 3 aromatic rings. The summed E-state index contributed by atoms with van der Waals surface area (Å²) in [5.41, 5.74) is 0. The van der Waals surface area contributed by atoms with E-state index >= 15 is 0 Å². The van der Waals surface area contributed by atoms with Gasteiger partial charge >= 0.3 is 0 Å². The van der Waals surface area contributed by atoms with E-state index in [-0.39, 0.29) is 5.78 Å². The van der Waals surface area contributed by atoms with Gasteiger partial charge in [-0.3, -0.25) is 4.79 Å². The molecule has 0 bridgehead atoms. The number of nitrogens with zero attached hydrogens (tertiary/aromatic N) is 3. The Hall–Kier alpha value is -2.69. The van der Waals surface area contributed by atoms with Gasteiger partial charge < -0.3 is 4.74 Å². The first-order valence-corrected chi connectivity index (χ1v) is 7.57. The minimum atomic E-state index is -0.902. The van der Waals surface area contributed by atoms with Gasteiger partial charge in [-0.05, 0) is 37.1 Å². The Kier molecular flexibility index (Phi) is 3.99. The summed E-state index contributed by atoms with van der Waals surface area (Å²) in [5.74, 6) is 1.04. The lowest BCUT2D eigenvalue weighted by Gasteiger charge is -2.21. The highest BCUT2D eigenvalue weighted by molar-refractivity contribution is 6.00. The highest BCUT2D eigenvalue weighted by Gasteiger charge is 2.34. The molecule has 2 aromatic carbocycles. The van der Waals surface area contributed by atoms with Crippen LogP contribution < -0.4 is 4.74 Å². The van der Waals surface area contributed by atoms with Crippen LogP contribution in [0.2, 0.25) is 0 Å². The summed E-state index contributed by atoms with van der Waals surface area (Å²) in [5, 5.41) is 6.08. The fourth-order valence-electron chi connectivity index (χ4n) is 2.67. The summed E-state index contributed by atoms with van der Waals surface area (Å²) in [6.45, 7) is 0.